The number of azo groups is 2. The van der Waals surface area contributed by atoms with Gasteiger partial charge in [-0.3, -0.25) is 8.37 Å². The lowest BCUT2D eigenvalue weighted by Gasteiger charge is -2.04. The maximum absolute atomic E-state index is 12.4. The van der Waals surface area contributed by atoms with Gasteiger partial charge in [-0.25, -0.2) is 0 Å². The van der Waals surface area contributed by atoms with Gasteiger partial charge in [0.1, 0.15) is 0 Å². The fourth-order valence-corrected chi connectivity index (χ4v) is 4.97. The summed E-state index contributed by atoms with van der Waals surface area (Å²) in [6.07, 6.45) is 5.97. The van der Waals surface area contributed by atoms with Gasteiger partial charge < -0.3 is 0 Å². The molecule has 42 heavy (non-hydrogen) atoms. The molecule has 0 fully saturated rings. The van der Waals surface area contributed by atoms with Crippen molar-refractivity contribution in [1.29, 1.82) is 0 Å². The normalized spacial score (nSPS) is 12.7. The summed E-state index contributed by atoms with van der Waals surface area (Å²) in [4.78, 5) is -0.0352. The molecule has 10 nitrogen and oxygen atoms in total. The average Bonchev–Trinajstić information content (AvgIpc) is 3.01. The second-order valence-corrected chi connectivity index (χ2v) is 11.6. The van der Waals surface area contributed by atoms with E-state index in [1.54, 1.807) is 24.3 Å². The van der Waals surface area contributed by atoms with E-state index in [1.807, 2.05) is 36.4 Å². The molecule has 0 aliphatic rings. The van der Waals surface area contributed by atoms with E-state index in [0.29, 0.717) is 22.7 Å². The van der Waals surface area contributed by atoms with Gasteiger partial charge in [-0.15, -0.1) is 0 Å². The van der Waals surface area contributed by atoms with Crippen molar-refractivity contribution in [2.24, 2.45) is 20.5 Å². The number of nitrogens with zero attached hydrogens (tertiary/aromatic N) is 4. The minimum absolute atomic E-state index is 0.0176. The Balaban J connectivity index is 1.19. The van der Waals surface area contributed by atoms with Crippen molar-refractivity contribution in [1.82, 2.24) is 0 Å². The number of allylic oxidation sites excluding steroid dienone is 2. The van der Waals surface area contributed by atoms with Crippen LogP contribution in [0.15, 0.2) is 164 Å². The fraction of sp³-hybridized carbons (Fsp3) is 0.0667. The first-order chi connectivity index (χ1) is 20.3. The lowest BCUT2D eigenvalue weighted by Crippen LogP contribution is -2.06. The van der Waals surface area contributed by atoms with Crippen molar-refractivity contribution >= 4 is 43.0 Å². The molecule has 4 aromatic carbocycles. The predicted octanol–water partition coefficient (Wildman–Crippen LogP) is 7.74. The first kappa shape index (κ1) is 30.3. The van der Waals surface area contributed by atoms with E-state index in [4.69, 9.17) is 8.37 Å². The van der Waals surface area contributed by atoms with Crippen LogP contribution in [0.5, 0.6) is 0 Å². The summed E-state index contributed by atoms with van der Waals surface area (Å²) in [6, 6.07) is 30.0. The Hall–Kier alpha value is -4.62. The van der Waals surface area contributed by atoms with Crippen LogP contribution < -0.4 is 0 Å². The third kappa shape index (κ3) is 9.49. The van der Waals surface area contributed by atoms with E-state index in [1.165, 1.54) is 72.8 Å². The Morgan fingerprint density at radius 3 is 1.10 bits per heavy atom. The van der Waals surface area contributed by atoms with Crippen LogP contribution in [0.2, 0.25) is 0 Å². The zero-order valence-corrected chi connectivity index (χ0v) is 23.8. The third-order valence-corrected chi connectivity index (χ3v) is 7.94. The molecule has 4 rings (SSSR count). The Kier molecular flexibility index (Phi) is 10.7. The van der Waals surface area contributed by atoms with Crippen molar-refractivity contribution in [2.45, 2.75) is 9.79 Å². The third-order valence-electron chi connectivity index (χ3n) is 5.35. The monoisotopic (exact) mass is 602 g/mol. The minimum Gasteiger partial charge on any atom is -0.262 e. The molecule has 0 saturated heterocycles. The van der Waals surface area contributed by atoms with Crippen molar-refractivity contribution < 1.29 is 25.2 Å². The highest BCUT2D eigenvalue weighted by atomic mass is 32.2. The van der Waals surface area contributed by atoms with E-state index < -0.39 is 20.2 Å². The Labute approximate surface area is 244 Å². The Morgan fingerprint density at radius 2 is 0.762 bits per heavy atom. The van der Waals surface area contributed by atoms with E-state index >= 15 is 0 Å². The summed E-state index contributed by atoms with van der Waals surface area (Å²) in [5.74, 6) is 0. The maximum Gasteiger partial charge on any atom is 0.297 e. The lowest BCUT2D eigenvalue weighted by molar-refractivity contribution is 0.355. The largest absolute Gasteiger partial charge is 0.297 e. The molecule has 0 bridgehead atoms. The molecule has 0 saturated carbocycles. The zero-order valence-electron chi connectivity index (χ0n) is 22.2. The summed E-state index contributed by atoms with van der Waals surface area (Å²) < 4.78 is 59.6. The van der Waals surface area contributed by atoms with E-state index in [9.17, 15) is 16.8 Å². The summed E-state index contributed by atoms with van der Waals surface area (Å²) >= 11 is 0. The number of rotatable bonds is 13. The van der Waals surface area contributed by atoms with Gasteiger partial charge in [-0.2, -0.15) is 37.3 Å². The number of hydrogen-bond acceptors (Lipinski definition) is 10. The molecule has 0 unspecified atom stereocenters. The van der Waals surface area contributed by atoms with E-state index in [0.717, 1.165) is 0 Å². The molecule has 0 aliphatic carbocycles. The molecule has 12 heteroatoms. The fourth-order valence-electron chi connectivity index (χ4n) is 3.24. The van der Waals surface area contributed by atoms with Crippen LogP contribution in [-0.4, -0.2) is 30.0 Å². The van der Waals surface area contributed by atoms with Crippen LogP contribution >= 0.6 is 0 Å². The SMILES string of the molecule is O=S(=O)(OCC=CC=CCOS(=O)(=O)c1ccc(N=Nc2ccccc2)cc1)c1ccc(N=Nc2ccccc2)cc1. The van der Waals surface area contributed by atoms with Crippen LogP contribution in [0.3, 0.4) is 0 Å². The highest BCUT2D eigenvalue weighted by molar-refractivity contribution is 7.87. The summed E-state index contributed by atoms with van der Waals surface area (Å²) in [6.45, 7) is -0.426. The first-order valence-corrected chi connectivity index (χ1v) is 15.4. The van der Waals surface area contributed by atoms with E-state index in [-0.39, 0.29) is 23.0 Å². The second kappa shape index (κ2) is 14.8. The van der Waals surface area contributed by atoms with Crippen molar-refractivity contribution in [2.75, 3.05) is 13.2 Å². The van der Waals surface area contributed by atoms with Gasteiger partial charge in [-0.1, -0.05) is 60.7 Å². The molecule has 0 heterocycles. The zero-order chi connectivity index (χ0) is 29.7. The maximum atomic E-state index is 12.4. The highest BCUT2D eigenvalue weighted by Gasteiger charge is 2.15. The summed E-state index contributed by atoms with van der Waals surface area (Å²) in [5, 5.41) is 16.3. The first-order valence-electron chi connectivity index (χ1n) is 12.6. The van der Waals surface area contributed by atoms with Gasteiger partial charge in [0, 0.05) is 0 Å². The molecule has 0 aliphatic heterocycles. The second-order valence-electron chi connectivity index (χ2n) is 8.39. The van der Waals surface area contributed by atoms with Crippen molar-refractivity contribution in [3.05, 3.63) is 133 Å². The number of benzene rings is 4. The summed E-state index contributed by atoms with van der Waals surface area (Å²) in [7, 11) is -7.95. The molecule has 0 amide bonds. The smallest absolute Gasteiger partial charge is 0.262 e. The Morgan fingerprint density at radius 1 is 0.452 bits per heavy atom. The van der Waals surface area contributed by atoms with Crippen LogP contribution in [0.1, 0.15) is 0 Å². The van der Waals surface area contributed by atoms with Gasteiger partial charge in [0.25, 0.3) is 20.2 Å². The van der Waals surface area contributed by atoms with Gasteiger partial charge in [0.15, 0.2) is 0 Å². The molecule has 0 N–H and O–H groups in total. The van der Waals surface area contributed by atoms with Crippen LogP contribution in [-0.2, 0) is 28.6 Å². The average molecular weight is 603 g/mol. The van der Waals surface area contributed by atoms with Crippen molar-refractivity contribution in [3.8, 4) is 0 Å². The minimum atomic E-state index is -3.98. The van der Waals surface area contributed by atoms with Gasteiger partial charge in [-0.05, 0) is 72.8 Å². The van der Waals surface area contributed by atoms with Gasteiger partial charge >= 0.3 is 0 Å². The number of hydrogen-bond donors (Lipinski definition) is 0. The molecular weight excluding hydrogens is 576 g/mol. The van der Waals surface area contributed by atoms with Crippen LogP contribution in [0.25, 0.3) is 0 Å². The topological polar surface area (TPSA) is 136 Å². The Bertz CT molecular complexity index is 1640. The molecular formula is C30H26N4O6S2. The quantitative estimate of drug-likeness (QED) is 0.0872. The molecule has 0 radical (unpaired) electrons. The molecule has 0 aromatic heterocycles. The van der Waals surface area contributed by atoms with Gasteiger partial charge in [0.2, 0.25) is 0 Å². The standard InChI is InChI=1S/C30H26N4O6S2/c35-41(36,29-19-15-27(16-20-29)33-31-25-11-5-3-6-12-25)39-23-9-1-2-10-24-40-42(37,38)30-21-17-28(18-22-30)34-32-26-13-7-4-8-14-26/h1-22H,23-24H2. The molecule has 0 spiro atoms. The molecule has 0 atom stereocenters. The summed E-state index contributed by atoms with van der Waals surface area (Å²) in [5.41, 5.74) is 2.35. The molecule has 214 valence electrons. The van der Waals surface area contributed by atoms with Crippen LogP contribution in [0, 0.1) is 0 Å². The van der Waals surface area contributed by atoms with Crippen molar-refractivity contribution in [3.63, 3.8) is 0 Å². The van der Waals surface area contributed by atoms with Crippen LogP contribution in [0.4, 0.5) is 22.7 Å². The van der Waals surface area contributed by atoms with E-state index in [2.05, 4.69) is 20.5 Å². The highest BCUT2D eigenvalue weighted by Crippen LogP contribution is 2.22. The van der Waals surface area contributed by atoms with Gasteiger partial charge in [0.05, 0.1) is 45.8 Å². The molecule has 4 aromatic rings. The predicted molar refractivity (Wildman–Crippen MR) is 159 cm³/mol. The lowest BCUT2D eigenvalue weighted by atomic mass is 10.3.